The third kappa shape index (κ3) is 6.40. The van der Waals surface area contributed by atoms with Gasteiger partial charge in [0, 0.05) is 44.6 Å². The predicted octanol–water partition coefficient (Wildman–Crippen LogP) is 15.5. The molecule has 0 saturated heterocycles. The molecule has 0 spiro atoms. The van der Waals surface area contributed by atoms with Crippen molar-refractivity contribution in [3.63, 3.8) is 0 Å². The molecule has 0 saturated carbocycles. The Bertz CT molecular complexity index is 3270. The van der Waals surface area contributed by atoms with Crippen LogP contribution in [-0.4, -0.2) is 6.85 Å². The highest BCUT2D eigenvalue weighted by molar-refractivity contribution is 6.95. The number of para-hydroxylation sites is 1. The zero-order chi connectivity index (χ0) is 44.3. The SMILES string of the molecule is CC(C)(C)c1ccc(N2B3c4c(cc(C(C)(C)C)cc4N(c4ccc(C(C)(C)C)cc4-c4ccccc4)c4ccc5oc6ccccc6c5c43)-c3ccc(-c4ccccc4)cc32)cc1. The lowest BCUT2D eigenvalue weighted by Crippen LogP contribution is -2.62. The molecule has 0 amide bonds. The Morgan fingerprint density at radius 3 is 1.69 bits per heavy atom. The van der Waals surface area contributed by atoms with Crippen LogP contribution in [0, 0.1) is 0 Å². The number of anilines is 5. The molecule has 0 atom stereocenters. The van der Waals surface area contributed by atoms with Crippen LogP contribution >= 0.6 is 0 Å². The molecule has 0 bridgehead atoms. The van der Waals surface area contributed by atoms with Gasteiger partial charge in [0.05, 0.1) is 5.69 Å². The molecule has 0 fully saturated rings. The van der Waals surface area contributed by atoms with Gasteiger partial charge in [0.1, 0.15) is 11.2 Å². The zero-order valence-electron chi connectivity index (χ0n) is 38.5. The van der Waals surface area contributed by atoms with Gasteiger partial charge in [0.15, 0.2) is 0 Å². The Balaban J connectivity index is 1.31. The number of hydrogen-bond donors (Lipinski definition) is 0. The summed E-state index contributed by atoms with van der Waals surface area (Å²) in [6.07, 6.45) is 0. The molecule has 2 aliphatic rings. The van der Waals surface area contributed by atoms with E-state index in [1.54, 1.807) is 0 Å². The van der Waals surface area contributed by atoms with Crippen molar-refractivity contribution in [1.82, 2.24) is 0 Å². The van der Waals surface area contributed by atoms with Crippen LogP contribution in [0.1, 0.15) is 79.0 Å². The quantitative estimate of drug-likeness (QED) is 0.165. The van der Waals surface area contributed by atoms with Gasteiger partial charge in [-0.2, -0.15) is 0 Å². The summed E-state index contributed by atoms with van der Waals surface area (Å²) in [4.78, 5) is 5.25. The van der Waals surface area contributed by atoms with Crippen molar-refractivity contribution in [2.24, 2.45) is 0 Å². The van der Waals surface area contributed by atoms with Gasteiger partial charge in [-0.15, -0.1) is 0 Å². The topological polar surface area (TPSA) is 19.6 Å². The first-order valence-electron chi connectivity index (χ1n) is 22.9. The largest absolute Gasteiger partial charge is 0.456 e. The molecule has 4 heteroatoms. The van der Waals surface area contributed by atoms with E-state index in [-0.39, 0.29) is 23.1 Å². The summed E-state index contributed by atoms with van der Waals surface area (Å²) >= 11 is 0. The van der Waals surface area contributed by atoms with Gasteiger partial charge in [-0.25, -0.2) is 0 Å². The maximum absolute atomic E-state index is 6.80. The molecular formula is C60H55BN2O. The number of fused-ring (bicyclic) bond motifs is 8. The summed E-state index contributed by atoms with van der Waals surface area (Å²) in [6, 6.07) is 63.6. The Morgan fingerprint density at radius 2 is 1.00 bits per heavy atom. The molecule has 8 aromatic carbocycles. The highest BCUT2D eigenvalue weighted by Gasteiger charge is 2.47. The average molecular weight is 831 g/mol. The summed E-state index contributed by atoms with van der Waals surface area (Å²) in [5, 5.41) is 2.29. The Kier molecular flexibility index (Phi) is 8.99. The van der Waals surface area contributed by atoms with Crippen LogP contribution in [-0.2, 0) is 16.2 Å². The lowest BCUT2D eigenvalue weighted by Gasteiger charge is -2.47. The van der Waals surface area contributed by atoms with Crippen LogP contribution in [0.4, 0.5) is 28.4 Å². The molecule has 2 aliphatic heterocycles. The number of furan rings is 1. The first-order valence-corrected chi connectivity index (χ1v) is 22.9. The second kappa shape index (κ2) is 14.4. The first-order chi connectivity index (χ1) is 30.6. The minimum Gasteiger partial charge on any atom is -0.456 e. The normalized spacial score (nSPS) is 13.6. The molecular weight excluding hydrogens is 775 g/mol. The fourth-order valence-corrected chi connectivity index (χ4v) is 10.2. The molecule has 3 nitrogen and oxygen atoms in total. The summed E-state index contributed by atoms with van der Waals surface area (Å²) in [5.41, 5.74) is 21.3. The zero-order valence-corrected chi connectivity index (χ0v) is 38.5. The number of benzene rings is 8. The van der Waals surface area contributed by atoms with Crippen molar-refractivity contribution in [2.75, 3.05) is 9.71 Å². The molecule has 0 unspecified atom stereocenters. The smallest absolute Gasteiger partial charge is 0.333 e. The van der Waals surface area contributed by atoms with E-state index in [9.17, 15) is 0 Å². The molecule has 0 N–H and O–H groups in total. The standard InChI is InChI=1S/C60H55BN2O/c1-58(2,3)41-25-28-44(29-26-41)63-51-34-40(38-18-12-10-13-19-38)24-30-45(51)48-36-43(60(7,8)9)37-52-56(48)61(63)57-50(32-33-54-55(57)46-22-16-17-23-53(46)64-54)62(52)49-31-27-42(59(4,5)6)35-47(49)39-20-14-11-15-21-39/h10-37H,1-9H3. The van der Waals surface area contributed by atoms with Crippen LogP contribution in [0.3, 0.4) is 0 Å². The Labute approximate surface area is 379 Å². The Hall–Kier alpha value is -6.78. The minimum atomic E-state index is -0.192. The number of hydrogen-bond acceptors (Lipinski definition) is 3. The predicted molar refractivity (Wildman–Crippen MR) is 274 cm³/mol. The van der Waals surface area contributed by atoms with Crippen LogP contribution < -0.4 is 20.6 Å². The molecule has 314 valence electrons. The van der Waals surface area contributed by atoms with Gasteiger partial charge in [0.25, 0.3) is 0 Å². The van der Waals surface area contributed by atoms with Crippen LogP contribution in [0.2, 0.25) is 0 Å². The maximum Gasteiger partial charge on any atom is 0.333 e. The van der Waals surface area contributed by atoms with E-state index in [0.29, 0.717) is 0 Å². The third-order valence-electron chi connectivity index (χ3n) is 13.7. The molecule has 9 aromatic rings. The monoisotopic (exact) mass is 830 g/mol. The fraction of sp³-hybridized carbons (Fsp3) is 0.200. The molecule has 1 aromatic heterocycles. The van der Waals surface area contributed by atoms with Gasteiger partial charge in [0.2, 0.25) is 0 Å². The average Bonchev–Trinajstić information content (AvgIpc) is 3.67. The van der Waals surface area contributed by atoms with E-state index >= 15 is 0 Å². The molecule has 0 radical (unpaired) electrons. The van der Waals surface area contributed by atoms with Crippen molar-refractivity contribution >= 4 is 68.1 Å². The van der Waals surface area contributed by atoms with Crippen molar-refractivity contribution in [3.8, 4) is 33.4 Å². The van der Waals surface area contributed by atoms with E-state index in [1.165, 1.54) is 72.4 Å². The summed E-state index contributed by atoms with van der Waals surface area (Å²) in [7, 11) is 0. The van der Waals surface area contributed by atoms with E-state index in [0.717, 1.165) is 39.0 Å². The Morgan fingerprint density at radius 1 is 0.391 bits per heavy atom. The number of rotatable bonds is 4. The van der Waals surface area contributed by atoms with Gasteiger partial charge in [-0.05, 0) is 121 Å². The van der Waals surface area contributed by atoms with Crippen molar-refractivity contribution in [2.45, 2.75) is 78.6 Å². The fourth-order valence-electron chi connectivity index (χ4n) is 10.2. The second-order valence-corrected chi connectivity index (χ2v) is 21.0. The van der Waals surface area contributed by atoms with Gasteiger partial charge < -0.3 is 14.1 Å². The highest BCUT2D eigenvalue weighted by atomic mass is 16.3. The van der Waals surface area contributed by atoms with E-state index in [1.807, 2.05) is 0 Å². The molecule has 64 heavy (non-hydrogen) atoms. The number of nitrogens with zero attached hydrogens (tertiary/aromatic N) is 2. The van der Waals surface area contributed by atoms with Crippen LogP contribution in [0.15, 0.2) is 174 Å². The maximum atomic E-state index is 6.80. The van der Waals surface area contributed by atoms with Crippen LogP contribution in [0.5, 0.6) is 0 Å². The second-order valence-electron chi connectivity index (χ2n) is 21.0. The van der Waals surface area contributed by atoms with Gasteiger partial charge in [-0.3, -0.25) is 0 Å². The summed E-state index contributed by atoms with van der Waals surface area (Å²) in [6.45, 7) is 20.7. The van der Waals surface area contributed by atoms with E-state index < -0.39 is 0 Å². The van der Waals surface area contributed by atoms with Gasteiger partial charge >= 0.3 is 6.85 Å². The highest BCUT2D eigenvalue weighted by Crippen LogP contribution is 2.52. The van der Waals surface area contributed by atoms with Crippen molar-refractivity contribution in [1.29, 1.82) is 0 Å². The molecule has 3 heterocycles. The van der Waals surface area contributed by atoms with E-state index in [2.05, 4.69) is 242 Å². The van der Waals surface area contributed by atoms with Gasteiger partial charge in [-0.1, -0.05) is 178 Å². The van der Waals surface area contributed by atoms with Crippen molar-refractivity contribution < 1.29 is 4.42 Å². The lowest BCUT2D eigenvalue weighted by molar-refractivity contribution is 0.590. The third-order valence-corrected chi connectivity index (χ3v) is 13.7. The first kappa shape index (κ1) is 40.0. The lowest BCUT2D eigenvalue weighted by atomic mass is 9.42. The summed E-state index contributed by atoms with van der Waals surface area (Å²) in [5.74, 6) is 0. The minimum absolute atomic E-state index is 0.0146. The van der Waals surface area contributed by atoms with Crippen molar-refractivity contribution in [3.05, 3.63) is 187 Å². The van der Waals surface area contributed by atoms with Crippen LogP contribution in [0.25, 0.3) is 55.3 Å². The molecule has 0 aliphatic carbocycles. The van der Waals surface area contributed by atoms with E-state index in [4.69, 9.17) is 4.42 Å². The molecule has 11 rings (SSSR count). The summed E-state index contributed by atoms with van der Waals surface area (Å²) < 4.78 is 6.80.